The molecule has 0 aliphatic heterocycles. The van der Waals surface area contributed by atoms with E-state index < -0.39 is 0 Å². The summed E-state index contributed by atoms with van der Waals surface area (Å²) in [5, 5.41) is 14.0. The van der Waals surface area contributed by atoms with E-state index in [4.69, 9.17) is 10.2 Å². The van der Waals surface area contributed by atoms with Gasteiger partial charge in [0.2, 0.25) is 0 Å². The topological polar surface area (TPSA) is 40.5 Å². The van der Waals surface area contributed by atoms with E-state index in [0.29, 0.717) is 5.92 Å². The molecule has 0 heterocycles. The predicted molar refractivity (Wildman–Crippen MR) is 213 cm³/mol. The second kappa shape index (κ2) is 47.1. The highest BCUT2D eigenvalue weighted by Gasteiger charge is 2.15. The van der Waals surface area contributed by atoms with Crippen molar-refractivity contribution in [2.24, 2.45) is 11.8 Å². The molecule has 1 aromatic rings. The van der Waals surface area contributed by atoms with Crippen molar-refractivity contribution < 1.29 is 10.2 Å². The van der Waals surface area contributed by atoms with Crippen LogP contribution in [0.1, 0.15) is 158 Å². The van der Waals surface area contributed by atoms with Crippen LogP contribution in [0.4, 0.5) is 0 Å². The van der Waals surface area contributed by atoms with E-state index in [1.54, 1.807) is 0 Å². The smallest absolute Gasteiger partial charge is 0.0319 e. The molecular weight excluding hydrogens is 560 g/mol. The van der Waals surface area contributed by atoms with Crippen molar-refractivity contribution in [1.82, 2.24) is 0 Å². The molecule has 0 spiro atoms. The van der Waals surface area contributed by atoms with Crippen LogP contribution in [0.15, 0.2) is 77.9 Å². The van der Waals surface area contributed by atoms with Gasteiger partial charge in [-0.3, -0.25) is 0 Å². The fourth-order valence-corrected chi connectivity index (χ4v) is 5.47. The van der Waals surface area contributed by atoms with E-state index in [1.165, 1.54) is 106 Å². The number of hydrogen-bond donors (Lipinski definition) is 2. The van der Waals surface area contributed by atoms with Gasteiger partial charge in [-0.2, -0.15) is 0 Å². The molecule has 0 radical (unpaired) electrons. The van der Waals surface area contributed by atoms with Gasteiger partial charge >= 0.3 is 0 Å². The Balaban J connectivity index is -0.000000184. The molecule has 0 saturated heterocycles. The van der Waals surface area contributed by atoms with Gasteiger partial charge in [-0.25, -0.2) is 0 Å². The Labute approximate surface area is 290 Å². The van der Waals surface area contributed by atoms with E-state index in [9.17, 15) is 0 Å². The molecule has 1 atom stereocenters. The minimum Gasteiger partial charge on any atom is -0.400 e. The van der Waals surface area contributed by atoms with Crippen LogP contribution < -0.4 is 0 Å². The van der Waals surface area contributed by atoms with Crippen LogP contribution in [-0.2, 0) is 6.42 Å². The Hall–Kier alpha value is -2.34. The first-order valence-electron chi connectivity index (χ1n) is 18.6. The average molecular weight is 641 g/mol. The van der Waals surface area contributed by atoms with Crippen molar-refractivity contribution in [3.8, 4) is 12.8 Å². The maximum Gasteiger partial charge on any atom is 0.0319 e. The highest BCUT2D eigenvalue weighted by molar-refractivity contribution is 5.37. The van der Waals surface area contributed by atoms with Gasteiger partial charge in [-0.05, 0) is 81.8 Å². The molecular formula is C44H80O2. The summed E-state index contributed by atoms with van der Waals surface area (Å²) in [7, 11) is 2.00. The molecule has 46 heavy (non-hydrogen) atoms. The van der Waals surface area contributed by atoms with Gasteiger partial charge in [0.25, 0.3) is 0 Å². The van der Waals surface area contributed by atoms with E-state index in [1.807, 2.05) is 41.5 Å². The first kappa shape index (κ1) is 53.2. The van der Waals surface area contributed by atoms with Crippen molar-refractivity contribution in [2.75, 3.05) is 14.2 Å². The normalized spacial score (nSPS) is 14.0. The van der Waals surface area contributed by atoms with E-state index >= 15 is 0 Å². The van der Waals surface area contributed by atoms with Crippen molar-refractivity contribution >= 4 is 0 Å². The maximum atomic E-state index is 7.00. The largest absolute Gasteiger partial charge is 0.400 e. The third kappa shape index (κ3) is 33.0. The number of aliphatic hydroxyl groups is 2. The Morgan fingerprint density at radius 3 is 1.93 bits per heavy atom. The SMILES string of the molecule is C#C.C=C(CCC/C=C\C)CC1=CC(CCC)C(C)=C1.CC.CC.CC.CO.CO.c1ccc(CCCCCC2CCCC2)cc1. The van der Waals surface area contributed by atoms with Gasteiger partial charge < -0.3 is 10.2 Å². The molecule has 0 aromatic heterocycles. The summed E-state index contributed by atoms with van der Waals surface area (Å²) in [6.45, 7) is 22.8. The van der Waals surface area contributed by atoms with E-state index in [2.05, 4.69) is 94.8 Å². The standard InChI is InChI=1S/C18H28.C16H24.3C2H6.C2H2.2CH4O/c1-5-7-8-9-11-15(3)12-17-13-16(4)18(14-17)10-6-2;1-3-9-15(10-4-1)11-5-2-6-12-16-13-7-8-14-16;6*1-2/h5,7,13-14,18H,3,6,8-12H2,1-2,4H3;1,3-4,9-10,16H,2,5-8,11-14H2;3*1-2H3;1-2H;2*2H,1H3/b7-5-;;;;;;;. The number of rotatable bonds is 14. The predicted octanol–water partition coefficient (Wildman–Crippen LogP) is 13.5. The lowest BCUT2D eigenvalue weighted by atomic mass is 9.98. The van der Waals surface area contributed by atoms with E-state index in [-0.39, 0.29) is 0 Å². The third-order valence-electron chi connectivity index (χ3n) is 7.50. The summed E-state index contributed by atoms with van der Waals surface area (Å²) < 4.78 is 0. The van der Waals surface area contributed by atoms with Gasteiger partial charge in [0.1, 0.15) is 0 Å². The summed E-state index contributed by atoms with van der Waals surface area (Å²) in [6, 6.07) is 10.9. The fraction of sp³-hybridized carbons (Fsp3) is 0.636. The zero-order chi connectivity index (χ0) is 36.4. The molecule has 1 saturated carbocycles. The summed E-state index contributed by atoms with van der Waals surface area (Å²) >= 11 is 0. The number of hydrogen-bond acceptors (Lipinski definition) is 2. The summed E-state index contributed by atoms with van der Waals surface area (Å²) in [5.74, 6) is 1.78. The number of benzene rings is 1. The molecule has 2 N–H and O–H groups in total. The highest BCUT2D eigenvalue weighted by Crippen LogP contribution is 2.31. The number of allylic oxidation sites excluding steroid dienone is 7. The van der Waals surface area contributed by atoms with Gasteiger partial charge in [0, 0.05) is 14.2 Å². The summed E-state index contributed by atoms with van der Waals surface area (Å²) in [4.78, 5) is 0. The molecule has 2 nitrogen and oxygen atoms in total. The van der Waals surface area contributed by atoms with Crippen molar-refractivity contribution in [3.05, 3.63) is 83.5 Å². The number of terminal acetylenes is 1. The Morgan fingerprint density at radius 1 is 0.848 bits per heavy atom. The van der Waals surface area contributed by atoms with Crippen LogP contribution >= 0.6 is 0 Å². The van der Waals surface area contributed by atoms with Gasteiger partial charge in [-0.15, -0.1) is 12.8 Å². The molecule has 268 valence electrons. The van der Waals surface area contributed by atoms with Crippen molar-refractivity contribution in [1.29, 1.82) is 0 Å². The average Bonchev–Trinajstić information content (AvgIpc) is 3.78. The quantitative estimate of drug-likeness (QED) is 0.121. The minimum atomic E-state index is 0.695. The molecule has 0 amide bonds. The van der Waals surface area contributed by atoms with Gasteiger partial charge in [-0.1, -0.05) is 172 Å². The van der Waals surface area contributed by atoms with Crippen molar-refractivity contribution in [2.45, 2.75) is 159 Å². The van der Waals surface area contributed by atoms with Crippen LogP contribution in [0, 0.1) is 24.7 Å². The maximum absolute atomic E-state index is 7.00. The Kier molecular flexibility index (Phi) is 54.4. The van der Waals surface area contributed by atoms with Gasteiger partial charge in [0.15, 0.2) is 0 Å². The second-order valence-electron chi connectivity index (χ2n) is 10.6. The monoisotopic (exact) mass is 641 g/mol. The summed E-state index contributed by atoms with van der Waals surface area (Å²) in [5.41, 5.74) is 5.91. The van der Waals surface area contributed by atoms with Crippen LogP contribution in [0.5, 0.6) is 0 Å². The lowest BCUT2D eigenvalue weighted by Crippen LogP contribution is -1.93. The number of aryl methyl sites for hydroxylation is 1. The minimum absolute atomic E-state index is 0.695. The zero-order valence-corrected chi connectivity index (χ0v) is 32.7. The molecule has 2 aliphatic rings. The number of aliphatic hydroxyl groups excluding tert-OH is 2. The van der Waals surface area contributed by atoms with Gasteiger partial charge in [0.05, 0.1) is 0 Å². The molecule has 0 bridgehead atoms. The summed E-state index contributed by atoms with van der Waals surface area (Å²) in [6.07, 6.45) is 37.4. The van der Waals surface area contributed by atoms with Crippen LogP contribution in [0.2, 0.25) is 0 Å². The number of unbranched alkanes of at least 4 members (excludes halogenated alkanes) is 3. The van der Waals surface area contributed by atoms with Crippen molar-refractivity contribution in [3.63, 3.8) is 0 Å². The van der Waals surface area contributed by atoms with Crippen LogP contribution in [0.3, 0.4) is 0 Å². The van der Waals surface area contributed by atoms with Crippen LogP contribution in [0.25, 0.3) is 0 Å². The molecule has 2 heteroatoms. The fourth-order valence-electron chi connectivity index (χ4n) is 5.47. The first-order chi connectivity index (χ1) is 22.6. The lowest BCUT2D eigenvalue weighted by Gasteiger charge is -2.07. The molecule has 2 aliphatic carbocycles. The van der Waals surface area contributed by atoms with E-state index in [0.717, 1.165) is 33.0 Å². The third-order valence-corrected chi connectivity index (χ3v) is 7.50. The molecule has 1 unspecified atom stereocenters. The first-order valence-corrected chi connectivity index (χ1v) is 18.6. The Morgan fingerprint density at radius 2 is 1.41 bits per heavy atom. The Bertz CT molecular complexity index is 807. The molecule has 3 rings (SSSR count). The highest BCUT2D eigenvalue weighted by atomic mass is 16.2. The molecule has 1 aromatic carbocycles. The zero-order valence-electron chi connectivity index (χ0n) is 32.7. The second-order valence-corrected chi connectivity index (χ2v) is 10.6. The van der Waals surface area contributed by atoms with Crippen LogP contribution in [-0.4, -0.2) is 24.4 Å². The lowest BCUT2D eigenvalue weighted by molar-refractivity contribution is 0.399. The molecule has 1 fully saturated rings.